The molecule has 0 saturated heterocycles. The molecule has 0 saturated carbocycles. The van der Waals surface area contributed by atoms with Gasteiger partial charge in [0.15, 0.2) is 0 Å². The maximum absolute atomic E-state index is 8.80. The van der Waals surface area contributed by atoms with Crippen LogP contribution in [0.2, 0.25) is 0 Å². The minimum Gasteiger partial charge on any atom is -0.396 e. The molecule has 0 aliphatic rings. The summed E-state index contributed by atoms with van der Waals surface area (Å²) in [6.07, 6.45) is 0.970. The van der Waals surface area contributed by atoms with Crippen molar-refractivity contribution in [3.8, 4) is 0 Å². The second kappa shape index (κ2) is 4.14. The minimum absolute atomic E-state index is 0.273. The monoisotopic (exact) mass is 150 g/mol. The fraction of sp³-hybridized carbons (Fsp3) is 0.400. The zero-order valence-corrected chi connectivity index (χ0v) is 6.83. The van der Waals surface area contributed by atoms with Crippen molar-refractivity contribution in [2.24, 2.45) is 5.92 Å². The highest BCUT2D eigenvalue weighted by Gasteiger charge is 1.99. The summed E-state index contributed by atoms with van der Waals surface area (Å²) >= 11 is 0. The lowest BCUT2D eigenvalue weighted by atomic mass is 10.0. The fourth-order valence-electron chi connectivity index (χ4n) is 1.08. The largest absolute Gasteiger partial charge is 0.396 e. The Morgan fingerprint density at radius 3 is 2.45 bits per heavy atom. The van der Waals surface area contributed by atoms with E-state index in [1.807, 2.05) is 25.1 Å². The van der Waals surface area contributed by atoms with Gasteiger partial charge in [0.1, 0.15) is 0 Å². The van der Waals surface area contributed by atoms with Crippen molar-refractivity contribution in [2.45, 2.75) is 13.3 Å². The Kier molecular flexibility index (Phi) is 3.12. The van der Waals surface area contributed by atoms with E-state index in [-0.39, 0.29) is 6.61 Å². The Morgan fingerprint density at radius 1 is 1.27 bits per heavy atom. The van der Waals surface area contributed by atoms with Gasteiger partial charge in [-0.05, 0) is 17.9 Å². The summed E-state index contributed by atoms with van der Waals surface area (Å²) in [5, 5.41) is 8.80. The minimum atomic E-state index is 0.273. The molecule has 1 aromatic rings. The van der Waals surface area contributed by atoms with Gasteiger partial charge in [0.2, 0.25) is 0 Å². The summed E-state index contributed by atoms with van der Waals surface area (Å²) in [5.41, 5.74) is 1.30. The van der Waals surface area contributed by atoms with Gasteiger partial charge in [0, 0.05) is 6.61 Å². The highest BCUT2D eigenvalue weighted by molar-refractivity contribution is 5.14. The van der Waals surface area contributed by atoms with E-state index in [9.17, 15) is 0 Å². The molecule has 1 nitrogen and oxygen atoms in total. The molecule has 1 atom stereocenters. The highest BCUT2D eigenvalue weighted by Crippen LogP contribution is 2.06. The molecule has 0 radical (unpaired) electrons. The maximum atomic E-state index is 8.80. The van der Waals surface area contributed by atoms with Gasteiger partial charge in [-0.1, -0.05) is 37.3 Å². The van der Waals surface area contributed by atoms with Gasteiger partial charge >= 0.3 is 0 Å². The first-order valence-corrected chi connectivity index (χ1v) is 3.97. The van der Waals surface area contributed by atoms with Crippen LogP contribution in [-0.4, -0.2) is 11.7 Å². The number of benzene rings is 1. The molecule has 0 aromatic heterocycles. The standard InChI is InChI=1S/C10H14O/c1-9(8-11)7-10-5-3-2-4-6-10/h2-6,9,11H,7-8H2,1H3/t9-/m1/s1. The summed E-state index contributed by atoms with van der Waals surface area (Å²) in [6, 6.07) is 10.2. The Balaban J connectivity index is 2.51. The van der Waals surface area contributed by atoms with Crippen LogP contribution in [0.1, 0.15) is 12.5 Å². The molecule has 0 unspecified atom stereocenters. The van der Waals surface area contributed by atoms with Crippen molar-refractivity contribution in [3.63, 3.8) is 0 Å². The first-order valence-electron chi connectivity index (χ1n) is 3.97. The van der Waals surface area contributed by atoms with E-state index in [2.05, 4.69) is 12.1 Å². The highest BCUT2D eigenvalue weighted by atomic mass is 16.3. The molecule has 0 heterocycles. The van der Waals surface area contributed by atoms with Crippen molar-refractivity contribution in [1.82, 2.24) is 0 Å². The SMILES string of the molecule is C[C@@H](CO)Cc1ccccc1. The third-order valence-corrected chi connectivity index (χ3v) is 1.74. The van der Waals surface area contributed by atoms with Crippen molar-refractivity contribution in [1.29, 1.82) is 0 Å². The zero-order chi connectivity index (χ0) is 8.10. The molecule has 0 bridgehead atoms. The predicted molar refractivity (Wildman–Crippen MR) is 46.4 cm³/mol. The zero-order valence-electron chi connectivity index (χ0n) is 6.83. The van der Waals surface area contributed by atoms with E-state index in [1.165, 1.54) is 5.56 Å². The van der Waals surface area contributed by atoms with Crippen LogP contribution in [0.15, 0.2) is 30.3 Å². The van der Waals surface area contributed by atoms with Gasteiger partial charge in [-0.15, -0.1) is 0 Å². The molecule has 0 spiro atoms. The molecule has 1 heteroatoms. The van der Waals surface area contributed by atoms with Crippen LogP contribution in [-0.2, 0) is 6.42 Å². The van der Waals surface area contributed by atoms with Crippen LogP contribution in [0, 0.1) is 5.92 Å². The summed E-state index contributed by atoms with van der Waals surface area (Å²) in [7, 11) is 0. The van der Waals surface area contributed by atoms with Gasteiger partial charge in [-0.2, -0.15) is 0 Å². The molecule has 0 aliphatic heterocycles. The lowest BCUT2D eigenvalue weighted by molar-refractivity contribution is 0.237. The number of aliphatic hydroxyl groups is 1. The average molecular weight is 150 g/mol. The van der Waals surface area contributed by atoms with E-state index >= 15 is 0 Å². The first kappa shape index (κ1) is 8.28. The number of rotatable bonds is 3. The molecule has 1 rings (SSSR count). The summed E-state index contributed by atoms with van der Waals surface area (Å²) in [6.45, 7) is 2.32. The van der Waals surface area contributed by atoms with Crippen molar-refractivity contribution >= 4 is 0 Å². The van der Waals surface area contributed by atoms with Crippen LogP contribution in [0.25, 0.3) is 0 Å². The summed E-state index contributed by atoms with van der Waals surface area (Å²) < 4.78 is 0. The van der Waals surface area contributed by atoms with Gasteiger partial charge < -0.3 is 5.11 Å². The van der Waals surface area contributed by atoms with Crippen molar-refractivity contribution in [3.05, 3.63) is 35.9 Å². The van der Waals surface area contributed by atoms with Crippen LogP contribution in [0.4, 0.5) is 0 Å². The van der Waals surface area contributed by atoms with Gasteiger partial charge in [0.25, 0.3) is 0 Å². The molecule has 60 valence electrons. The Morgan fingerprint density at radius 2 is 1.91 bits per heavy atom. The van der Waals surface area contributed by atoms with Gasteiger partial charge in [-0.3, -0.25) is 0 Å². The maximum Gasteiger partial charge on any atom is 0.0459 e. The normalized spacial score (nSPS) is 12.9. The van der Waals surface area contributed by atoms with Crippen molar-refractivity contribution < 1.29 is 5.11 Å². The lowest BCUT2D eigenvalue weighted by Crippen LogP contribution is -2.03. The topological polar surface area (TPSA) is 20.2 Å². The van der Waals surface area contributed by atoms with Crippen LogP contribution < -0.4 is 0 Å². The van der Waals surface area contributed by atoms with E-state index < -0.39 is 0 Å². The predicted octanol–water partition coefficient (Wildman–Crippen LogP) is 1.86. The average Bonchev–Trinajstić information content (AvgIpc) is 2.06. The van der Waals surface area contributed by atoms with Gasteiger partial charge in [-0.25, -0.2) is 0 Å². The van der Waals surface area contributed by atoms with E-state index in [1.54, 1.807) is 0 Å². The lowest BCUT2D eigenvalue weighted by Gasteiger charge is -2.06. The van der Waals surface area contributed by atoms with E-state index in [0.717, 1.165) is 6.42 Å². The fourth-order valence-corrected chi connectivity index (χ4v) is 1.08. The molecule has 0 fully saturated rings. The van der Waals surface area contributed by atoms with E-state index in [4.69, 9.17) is 5.11 Å². The number of hydrogen-bond donors (Lipinski definition) is 1. The third-order valence-electron chi connectivity index (χ3n) is 1.74. The summed E-state index contributed by atoms with van der Waals surface area (Å²) in [4.78, 5) is 0. The molecule has 11 heavy (non-hydrogen) atoms. The Labute approximate surface area is 67.7 Å². The number of hydrogen-bond acceptors (Lipinski definition) is 1. The van der Waals surface area contributed by atoms with Crippen molar-refractivity contribution in [2.75, 3.05) is 6.61 Å². The Bertz CT molecular complexity index is 193. The Hall–Kier alpha value is -0.820. The smallest absolute Gasteiger partial charge is 0.0459 e. The quantitative estimate of drug-likeness (QED) is 0.697. The van der Waals surface area contributed by atoms with Crippen LogP contribution in [0.3, 0.4) is 0 Å². The molecular weight excluding hydrogens is 136 g/mol. The van der Waals surface area contributed by atoms with Crippen LogP contribution in [0.5, 0.6) is 0 Å². The number of aliphatic hydroxyl groups excluding tert-OH is 1. The molecule has 0 aliphatic carbocycles. The molecule has 1 N–H and O–H groups in total. The molecule has 1 aromatic carbocycles. The van der Waals surface area contributed by atoms with E-state index in [0.29, 0.717) is 5.92 Å². The van der Waals surface area contributed by atoms with Gasteiger partial charge in [0.05, 0.1) is 0 Å². The molecule has 0 amide bonds. The third kappa shape index (κ3) is 2.72. The second-order valence-electron chi connectivity index (χ2n) is 2.98. The van der Waals surface area contributed by atoms with Crippen LogP contribution >= 0.6 is 0 Å². The first-order chi connectivity index (χ1) is 5.33. The second-order valence-corrected chi connectivity index (χ2v) is 2.98. The molecular formula is C10H14O. The summed E-state index contributed by atoms with van der Waals surface area (Å²) in [5.74, 6) is 0.373.